The molecule has 0 aromatic heterocycles. The van der Waals surface area contributed by atoms with Crippen LogP contribution in [0.25, 0.3) is 0 Å². The van der Waals surface area contributed by atoms with Crippen LogP contribution in [0.4, 0.5) is 0 Å². The molecule has 0 aliphatic carbocycles. The van der Waals surface area contributed by atoms with Gasteiger partial charge in [0.15, 0.2) is 5.96 Å². The summed E-state index contributed by atoms with van der Waals surface area (Å²) in [6.45, 7) is 10.9. The van der Waals surface area contributed by atoms with E-state index in [0.29, 0.717) is 19.4 Å². The predicted octanol–water partition coefficient (Wildman–Crippen LogP) is -0.866. The van der Waals surface area contributed by atoms with Crippen molar-refractivity contribution in [1.29, 1.82) is 0 Å². The average molecular weight is 897 g/mol. The fourth-order valence-corrected chi connectivity index (χ4v) is 6.81. The van der Waals surface area contributed by atoms with E-state index < -0.39 is 114 Å². The largest absolute Gasteiger partial charge is 0.458 e. The lowest BCUT2D eigenvalue weighted by atomic mass is 9.98. The summed E-state index contributed by atoms with van der Waals surface area (Å²) >= 11 is 0. The number of aliphatic hydroxyl groups excluding tert-OH is 2. The number of nitrogens with two attached hydrogens (primary N) is 3. The molecule has 0 radical (unpaired) electrons. The Balaban J connectivity index is 3.21. The van der Waals surface area contributed by atoms with Crippen LogP contribution in [0.2, 0.25) is 0 Å². The molecule has 7 amide bonds. The fraction of sp³-hybridized carbons (Fsp3) is 0.786. The lowest BCUT2D eigenvalue weighted by Crippen LogP contribution is -2.63. The van der Waals surface area contributed by atoms with Crippen LogP contribution < -0.4 is 49.1 Å². The maximum absolute atomic E-state index is 14.0. The van der Waals surface area contributed by atoms with Crippen LogP contribution in [0, 0.1) is 11.8 Å². The van der Waals surface area contributed by atoms with Crippen molar-refractivity contribution in [3.05, 3.63) is 0 Å². The summed E-state index contributed by atoms with van der Waals surface area (Å²) in [6.07, 6.45) is 5.43. The van der Waals surface area contributed by atoms with Crippen molar-refractivity contribution >= 4 is 53.3 Å². The molecule has 1 saturated heterocycles. The SMILES string of the molecule is CC1NC(=O)C(CCC(N)=O)NC(=O)C(C(C)O)NC(=O)C(C(C)C)NC(=O)C(C(C)C)NC(=O)C(NC(=O)CC(O)CCCCCCCCCCCCN=C(N)N)C(C)OC1=O. The summed E-state index contributed by atoms with van der Waals surface area (Å²) in [5, 5.41) is 36.2. The number of rotatable bonds is 22. The molecule has 1 heterocycles. The number of carbonyl (C=O) groups is 8. The topological polar surface area (TPSA) is 349 Å². The maximum atomic E-state index is 14.0. The first-order valence-corrected chi connectivity index (χ1v) is 22.3. The number of guanidine groups is 1. The summed E-state index contributed by atoms with van der Waals surface area (Å²) in [5.41, 5.74) is 16.0. The number of hydrogen-bond acceptors (Lipinski definition) is 12. The highest BCUT2D eigenvalue weighted by atomic mass is 16.5. The van der Waals surface area contributed by atoms with Gasteiger partial charge in [0, 0.05) is 13.0 Å². The zero-order chi connectivity index (χ0) is 47.8. The number of carbonyl (C=O) groups excluding carboxylic acids is 8. The zero-order valence-corrected chi connectivity index (χ0v) is 38.2. The quantitative estimate of drug-likeness (QED) is 0.0273. The van der Waals surface area contributed by atoms with E-state index in [0.717, 1.165) is 57.8 Å². The van der Waals surface area contributed by atoms with Crippen molar-refractivity contribution in [2.75, 3.05) is 6.54 Å². The van der Waals surface area contributed by atoms with Crippen molar-refractivity contribution < 1.29 is 53.3 Å². The van der Waals surface area contributed by atoms with Crippen molar-refractivity contribution in [3.63, 3.8) is 0 Å². The van der Waals surface area contributed by atoms with Gasteiger partial charge >= 0.3 is 5.97 Å². The molecule has 0 saturated carbocycles. The number of primary amides is 1. The van der Waals surface area contributed by atoms with Gasteiger partial charge in [0.1, 0.15) is 42.4 Å². The van der Waals surface area contributed by atoms with E-state index in [1.54, 1.807) is 27.7 Å². The van der Waals surface area contributed by atoms with Crippen LogP contribution in [0.5, 0.6) is 0 Å². The van der Waals surface area contributed by atoms with Crippen molar-refractivity contribution in [1.82, 2.24) is 31.9 Å². The Kier molecular flexibility index (Phi) is 26.1. The molecule has 21 nitrogen and oxygen atoms in total. The van der Waals surface area contributed by atoms with Gasteiger partial charge in [-0.1, -0.05) is 85.5 Å². The molecule has 21 heteroatoms. The van der Waals surface area contributed by atoms with E-state index in [1.807, 2.05) is 0 Å². The summed E-state index contributed by atoms with van der Waals surface area (Å²) in [4.78, 5) is 110. The van der Waals surface area contributed by atoms with Crippen LogP contribution >= 0.6 is 0 Å². The first-order valence-electron chi connectivity index (χ1n) is 22.3. The van der Waals surface area contributed by atoms with Gasteiger partial charge in [-0.3, -0.25) is 38.6 Å². The number of ether oxygens (including phenoxy) is 1. The maximum Gasteiger partial charge on any atom is 0.328 e. The number of nitrogens with one attached hydrogen (secondary N) is 6. The third-order valence-electron chi connectivity index (χ3n) is 10.6. The van der Waals surface area contributed by atoms with Gasteiger partial charge in [-0.15, -0.1) is 0 Å². The number of hydrogen-bond donors (Lipinski definition) is 11. The van der Waals surface area contributed by atoms with Gasteiger partial charge in [-0.05, 0) is 51.9 Å². The van der Waals surface area contributed by atoms with Crippen LogP contribution in [-0.2, 0) is 43.1 Å². The molecule has 9 unspecified atom stereocenters. The summed E-state index contributed by atoms with van der Waals surface area (Å²) in [6, 6.07) is -8.70. The number of cyclic esters (lactones) is 1. The Labute approximate surface area is 371 Å². The van der Waals surface area contributed by atoms with Crippen LogP contribution in [0.15, 0.2) is 4.99 Å². The lowest BCUT2D eigenvalue weighted by molar-refractivity contribution is -0.155. The first-order chi connectivity index (χ1) is 29.5. The van der Waals surface area contributed by atoms with Crippen LogP contribution in [-0.4, -0.2) is 125 Å². The summed E-state index contributed by atoms with van der Waals surface area (Å²) < 4.78 is 5.56. The second-order valence-electron chi connectivity index (χ2n) is 17.2. The number of nitrogens with zero attached hydrogens (tertiary/aromatic N) is 1. The monoisotopic (exact) mass is 897 g/mol. The van der Waals surface area contributed by atoms with Gasteiger partial charge < -0.3 is 64.1 Å². The minimum atomic E-state index is -1.64. The van der Waals surface area contributed by atoms with E-state index in [2.05, 4.69) is 36.9 Å². The van der Waals surface area contributed by atoms with Gasteiger partial charge in [-0.2, -0.15) is 0 Å². The van der Waals surface area contributed by atoms with Gasteiger partial charge in [0.25, 0.3) is 0 Å². The molecule has 360 valence electrons. The molecule has 0 spiro atoms. The molecular formula is C42H76N10O11. The number of amides is 7. The number of unbranched alkanes of at least 4 members (excludes halogenated alkanes) is 9. The highest BCUT2D eigenvalue weighted by Gasteiger charge is 2.38. The van der Waals surface area contributed by atoms with Gasteiger partial charge in [0.05, 0.1) is 18.6 Å². The highest BCUT2D eigenvalue weighted by Crippen LogP contribution is 2.15. The fourth-order valence-electron chi connectivity index (χ4n) is 6.81. The molecule has 0 bridgehead atoms. The summed E-state index contributed by atoms with van der Waals surface area (Å²) in [5.74, 6) is -8.16. The minimum Gasteiger partial charge on any atom is -0.458 e. The van der Waals surface area contributed by atoms with Crippen molar-refractivity contribution in [2.45, 2.75) is 193 Å². The Morgan fingerprint density at radius 1 is 0.667 bits per heavy atom. The van der Waals surface area contributed by atoms with E-state index in [-0.39, 0.29) is 25.2 Å². The first kappa shape index (κ1) is 56.0. The molecule has 1 rings (SSSR count). The van der Waals surface area contributed by atoms with Gasteiger partial charge in [0.2, 0.25) is 41.4 Å². The minimum absolute atomic E-state index is 0.112. The standard InChI is InChI=1S/C42H76N10O11/c1-23(2)32-37(58)50-33(24(3)4)38(59)52-34(26(6)53)39(60)48-29(19-20-30(43)55)36(57)47-25(5)41(62)63-27(7)35(40(61)51-32)49-31(56)22-28(54)18-16-14-12-10-8-9-11-13-15-17-21-46-42(44)45/h23-29,32-35,53-54H,8-22H2,1-7H3,(H2,43,55)(H,47,57)(H,48,60)(H,49,56)(H,50,58)(H,51,61)(H,52,59)(H4,44,45,46). The Bertz CT molecular complexity index is 1540. The number of aliphatic imine (C=N–C) groups is 1. The Morgan fingerprint density at radius 2 is 1.14 bits per heavy atom. The predicted molar refractivity (Wildman–Crippen MR) is 235 cm³/mol. The summed E-state index contributed by atoms with van der Waals surface area (Å²) in [7, 11) is 0. The highest BCUT2D eigenvalue weighted by molar-refractivity contribution is 5.97. The smallest absolute Gasteiger partial charge is 0.328 e. The second kappa shape index (κ2) is 29.3. The molecule has 0 aromatic carbocycles. The van der Waals surface area contributed by atoms with Gasteiger partial charge in [-0.25, -0.2) is 4.79 Å². The normalized spacial score (nSPS) is 24.3. The van der Waals surface area contributed by atoms with E-state index in [4.69, 9.17) is 21.9 Å². The molecular weight excluding hydrogens is 821 g/mol. The van der Waals surface area contributed by atoms with E-state index in [9.17, 15) is 48.6 Å². The Morgan fingerprint density at radius 3 is 1.63 bits per heavy atom. The van der Waals surface area contributed by atoms with E-state index >= 15 is 0 Å². The van der Waals surface area contributed by atoms with Crippen LogP contribution in [0.3, 0.4) is 0 Å². The second-order valence-corrected chi connectivity index (χ2v) is 17.2. The van der Waals surface area contributed by atoms with E-state index in [1.165, 1.54) is 20.8 Å². The molecule has 9 atom stereocenters. The molecule has 1 aliphatic heterocycles. The third kappa shape index (κ3) is 22.2. The lowest BCUT2D eigenvalue weighted by Gasteiger charge is -2.31. The molecule has 1 aliphatic rings. The number of esters is 1. The zero-order valence-electron chi connectivity index (χ0n) is 38.2. The molecule has 1 fully saturated rings. The average Bonchev–Trinajstić information content (AvgIpc) is 3.18. The molecule has 0 aromatic rings. The Hall–Kier alpha value is -5.05. The molecule has 63 heavy (non-hydrogen) atoms. The number of aliphatic hydroxyl groups is 2. The van der Waals surface area contributed by atoms with Crippen LogP contribution in [0.1, 0.15) is 138 Å². The molecule has 14 N–H and O–H groups in total. The van der Waals surface area contributed by atoms with Crippen molar-refractivity contribution in [2.24, 2.45) is 34.0 Å². The third-order valence-corrected chi connectivity index (χ3v) is 10.6. The van der Waals surface area contributed by atoms with Crippen molar-refractivity contribution in [3.8, 4) is 0 Å².